The van der Waals surface area contributed by atoms with E-state index in [-0.39, 0.29) is 28.8 Å². The molecule has 0 radical (unpaired) electrons. The van der Waals surface area contributed by atoms with E-state index in [1.165, 1.54) is 0 Å². The van der Waals surface area contributed by atoms with Gasteiger partial charge in [0, 0.05) is 10.8 Å². The highest BCUT2D eigenvalue weighted by molar-refractivity contribution is 7.86. The summed E-state index contributed by atoms with van der Waals surface area (Å²) in [6.45, 7) is 0. The molecule has 1 N–H and O–H groups in total. The van der Waals surface area contributed by atoms with Crippen LogP contribution in [0.2, 0.25) is 0 Å². The summed E-state index contributed by atoms with van der Waals surface area (Å²) in [5.41, 5.74) is 0. The lowest BCUT2D eigenvalue weighted by atomic mass is 9.88. The summed E-state index contributed by atoms with van der Waals surface area (Å²) < 4.78 is 17.3. The Labute approximate surface area is 73.6 Å². The Morgan fingerprint density at radius 1 is 1.33 bits per heavy atom. The summed E-state index contributed by atoms with van der Waals surface area (Å²) in [4.78, 5) is 0. The third kappa shape index (κ3) is 0.757. The number of hydrogen-bond donors (Lipinski definition) is 1. The van der Waals surface area contributed by atoms with Crippen molar-refractivity contribution in [3.8, 4) is 0 Å². The summed E-state index contributed by atoms with van der Waals surface area (Å²) in [7, 11) is -0.722. The predicted molar refractivity (Wildman–Crippen MR) is 44.2 cm³/mol. The third-order valence-corrected chi connectivity index (χ3v) is 5.49. The first-order valence-corrected chi connectivity index (χ1v) is 5.78. The Kier molecular flexibility index (Phi) is 1.43. The molecule has 5 fully saturated rings. The molecule has 5 rings (SSSR count). The standard InChI is InChI=1S/C8H12O3S/c9-4-3-7-5-1-2-6(12(7)10)8(4)11-5/h4-9H,1-3H2. The maximum atomic E-state index is 11.7. The summed E-state index contributed by atoms with van der Waals surface area (Å²) in [5.74, 6) is 0. The average Bonchev–Trinajstić information content (AvgIpc) is 2.09. The van der Waals surface area contributed by atoms with Crippen LogP contribution in [0.3, 0.4) is 0 Å². The SMILES string of the molecule is O=S1C2CC(O)C3OC2CCC31. The zero-order valence-corrected chi connectivity index (χ0v) is 7.50. The van der Waals surface area contributed by atoms with E-state index in [0.717, 1.165) is 12.8 Å². The Morgan fingerprint density at radius 2 is 2.17 bits per heavy atom. The molecule has 0 spiro atoms. The van der Waals surface area contributed by atoms with Gasteiger partial charge < -0.3 is 9.84 Å². The minimum atomic E-state index is -0.722. The molecule has 12 heavy (non-hydrogen) atoms. The van der Waals surface area contributed by atoms with E-state index in [9.17, 15) is 9.32 Å². The second-order valence-electron chi connectivity index (χ2n) is 3.92. The van der Waals surface area contributed by atoms with Gasteiger partial charge in [-0.15, -0.1) is 0 Å². The molecule has 5 aliphatic rings. The fraction of sp³-hybridized carbons (Fsp3) is 1.00. The van der Waals surface area contributed by atoms with Crippen LogP contribution in [0.1, 0.15) is 19.3 Å². The zero-order valence-electron chi connectivity index (χ0n) is 6.68. The molecule has 5 aliphatic heterocycles. The van der Waals surface area contributed by atoms with Crippen molar-refractivity contribution in [3.05, 3.63) is 0 Å². The molecule has 0 aromatic carbocycles. The molecular weight excluding hydrogens is 176 g/mol. The van der Waals surface area contributed by atoms with E-state index in [0.29, 0.717) is 6.42 Å². The van der Waals surface area contributed by atoms with Crippen LogP contribution in [0.5, 0.6) is 0 Å². The van der Waals surface area contributed by atoms with Crippen molar-refractivity contribution >= 4 is 10.8 Å². The molecule has 0 aliphatic carbocycles. The molecular formula is C8H12O3S. The Hall–Kier alpha value is 0.0700. The van der Waals surface area contributed by atoms with Crippen molar-refractivity contribution < 1.29 is 14.1 Å². The molecule has 0 saturated carbocycles. The van der Waals surface area contributed by atoms with Gasteiger partial charge in [-0.2, -0.15) is 0 Å². The summed E-state index contributed by atoms with van der Waals surface area (Å²) in [5, 5.41) is 9.84. The highest BCUT2D eigenvalue weighted by atomic mass is 32.2. The fourth-order valence-corrected chi connectivity index (χ4v) is 4.92. The molecule has 5 saturated heterocycles. The van der Waals surface area contributed by atoms with Gasteiger partial charge in [-0.05, 0) is 19.3 Å². The Bertz CT molecular complexity index is 238. The fourth-order valence-electron chi connectivity index (χ4n) is 2.70. The molecule has 6 atom stereocenters. The van der Waals surface area contributed by atoms with Gasteiger partial charge >= 0.3 is 0 Å². The molecule has 4 bridgehead atoms. The summed E-state index contributed by atoms with van der Waals surface area (Å²) in [6, 6.07) is 0. The maximum absolute atomic E-state index is 11.7. The van der Waals surface area contributed by atoms with Crippen LogP contribution in [-0.4, -0.2) is 38.1 Å². The minimum Gasteiger partial charge on any atom is -0.390 e. The van der Waals surface area contributed by atoms with Gasteiger partial charge in [0.25, 0.3) is 0 Å². The number of fused-ring (bicyclic) bond motifs is 2. The van der Waals surface area contributed by atoms with Crippen LogP contribution in [0, 0.1) is 0 Å². The van der Waals surface area contributed by atoms with Crippen LogP contribution >= 0.6 is 0 Å². The number of ether oxygens (including phenoxy) is 1. The van der Waals surface area contributed by atoms with E-state index in [1.807, 2.05) is 0 Å². The second-order valence-corrected chi connectivity index (χ2v) is 5.79. The second kappa shape index (κ2) is 2.30. The summed E-state index contributed by atoms with van der Waals surface area (Å²) >= 11 is 0. The third-order valence-electron chi connectivity index (χ3n) is 3.30. The van der Waals surface area contributed by atoms with Gasteiger partial charge in [0.15, 0.2) is 0 Å². The molecule has 68 valence electrons. The largest absolute Gasteiger partial charge is 0.390 e. The topological polar surface area (TPSA) is 46.5 Å². The first-order chi connectivity index (χ1) is 5.77. The zero-order chi connectivity index (χ0) is 8.29. The van der Waals surface area contributed by atoms with Crippen LogP contribution in [-0.2, 0) is 15.5 Å². The highest BCUT2D eigenvalue weighted by Gasteiger charge is 2.55. The van der Waals surface area contributed by atoms with Gasteiger partial charge in [0.05, 0.1) is 28.8 Å². The lowest BCUT2D eigenvalue weighted by molar-refractivity contribution is -0.146. The maximum Gasteiger partial charge on any atom is 0.0981 e. The molecule has 5 heterocycles. The molecule has 0 aromatic heterocycles. The van der Waals surface area contributed by atoms with Gasteiger partial charge in [-0.1, -0.05) is 0 Å². The predicted octanol–water partition coefficient (Wildman–Crippen LogP) is -0.202. The van der Waals surface area contributed by atoms with Crippen molar-refractivity contribution in [1.29, 1.82) is 0 Å². The summed E-state index contributed by atoms with van der Waals surface area (Å²) in [6.07, 6.45) is 2.44. The molecule has 0 aromatic rings. The minimum absolute atomic E-state index is 0.116. The van der Waals surface area contributed by atoms with Crippen molar-refractivity contribution in [1.82, 2.24) is 0 Å². The van der Waals surface area contributed by atoms with Gasteiger partial charge in [0.1, 0.15) is 0 Å². The number of rotatable bonds is 0. The van der Waals surface area contributed by atoms with Crippen molar-refractivity contribution in [2.45, 2.75) is 48.1 Å². The van der Waals surface area contributed by atoms with Gasteiger partial charge in [0.2, 0.25) is 0 Å². The lowest BCUT2D eigenvalue weighted by Gasteiger charge is -2.53. The molecule has 4 heteroatoms. The van der Waals surface area contributed by atoms with Crippen LogP contribution in [0.4, 0.5) is 0 Å². The highest BCUT2D eigenvalue weighted by Crippen LogP contribution is 2.43. The van der Waals surface area contributed by atoms with E-state index in [2.05, 4.69) is 0 Å². The first kappa shape index (κ1) is 7.47. The van der Waals surface area contributed by atoms with Crippen molar-refractivity contribution in [2.24, 2.45) is 0 Å². The monoisotopic (exact) mass is 188 g/mol. The number of aliphatic hydroxyl groups is 1. The Balaban J connectivity index is 2.01. The van der Waals surface area contributed by atoms with Gasteiger partial charge in [-0.25, -0.2) is 0 Å². The smallest absolute Gasteiger partial charge is 0.0981 e. The van der Waals surface area contributed by atoms with Crippen molar-refractivity contribution in [3.63, 3.8) is 0 Å². The van der Waals surface area contributed by atoms with E-state index in [1.54, 1.807) is 0 Å². The quantitative estimate of drug-likeness (QED) is 0.572. The van der Waals surface area contributed by atoms with E-state index < -0.39 is 10.8 Å². The van der Waals surface area contributed by atoms with E-state index in [4.69, 9.17) is 4.74 Å². The molecule has 0 amide bonds. The number of aliphatic hydroxyl groups excluding tert-OH is 1. The number of hydrogen-bond acceptors (Lipinski definition) is 3. The van der Waals surface area contributed by atoms with Crippen molar-refractivity contribution in [2.75, 3.05) is 0 Å². The first-order valence-electron chi connectivity index (χ1n) is 4.50. The Morgan fingerprint density at radius 3 is 2.75 bits per heavy atom. The molecule has 3 nitrogen and oxygen atoms in total. The normalized spacial score (nSPS) is 62.4. The van der Waals surface area contributed by atoms with Gasteiger partial charge in [-0.3, -0.25) is 4.21 Å². The lowest BCUT2D eigenvalue weighted by Crippen LogP contribution is -2.65. The van der Waals surface area contributed by atoms with Crippen LogP contribution < -0.4 is 0 Å². The molecule has 6 unspecified atom stereocenters. The van der Waals surface area contributed by atoms with Crippen LogP contribution in [0.25, 0.3) is 0 Å². The average molecular weight is 188 g/mol. The van der Waals surface area contributed by atoms with E-state index >= 15 is 0 Å². The van der Waals surface area contributed by atoms with Crippen LogP contribution in [0.15, 0.2) is 0 Å².